The average Bonchev–Trinajstić information content (AvgIpc) is 3.96. The molecule has 0 saturated carbocycles. The lowest BCUT2D eigenvalue weighted by Gasteiger charge is -2.27. The third-order valence-electron chi connectivity index (χ3n) is 8.89. The molecule has 0 aliphatic rings. The van der Waals surface area contributed by atoms with Crippen molar-refractivity contribution in [2.45, 2.75) is 75.8 Å². The molecule has 0 aliphatic heterocycles. The zero-order chi connectivity index (χ0) is 44.9. The maximum Gasteiger partial charge on any atom is 0.314 e. The minimum absolute atomic E-state index is 0.114. The number of halogens is 7. The van der Waals surface area contributed by atoms with Crippen LogP contribution in [0.25, 0.3) is 22.9 Å². The molecule has 4 aromatic carbocycles. The van der Waals surface area contributed by atoms with Crippen LogP contribution in [0.2, 0.25) is 0 Å². The Labute approximate surface area is 357 Å². The molecule has 0 fully saturated rings. The van der Waals surface area contributed by atoms with E-state index >= 15 is 0 Å². The molecule has 0 bridgehead atoms. The molecule has 0 aliphatic carbocycles. The smallest absolute Gasteiger partial charge is 0.314 e. The molecule has 2 heterocycles. The Morgan fingerprint density at radius 1 is 0.656 bits per heavy atom. The number of anilines is 2. The minimum atomic E-state index is -3.75. The van der Waals surface area contributed by atoms with E-state index in [0.717, 1.165) is 6.07 Å². The van der Waals surface area contributed by atoms with E-state index in [0.29, 0.717) is 35.1 Å². The molecule has 2 unspecified atom stereocenters. The van der Waals surface area contributed by atoms with Crippen LogP contribution in [0, 0.1) is 11.6 Å². The van der Waals surface area contributed by atoms with E-state index in [-0.39, 0.29) is 40.3 Å². The van der Waals surface area contributed by atoms with Crippen LogP contribution in [0.3, 0.4) is 0 Å². The van der Waals surface area contributed by atoms with Crippen molar-refractivity contribution in [3.63, 3.8) is 0 Å². The zero-order valence-corrected chi connectivity index (χ0v) is 36.2. The minimum Gasteiger partial charge on any atom is -0.415 e. The highest BCUT2D eigenvalue weighted by Crippen LogP contribution is 2.29. The number of alkyl halides is 5. The molecule has 1 N–H and O–H groups in total. The molecule has 12 nitrogen and oxygen atoms in total. The number of aromatic nitrogens is 4. The van der Waals surface area contributed by atoms with Gasteiger partial charge in [-0.25, -0.2) is 25.6 Å². The van der Waals surface area contributed by atoms with Gasteiger partial charge in [-0.05, 0) is 80.8 Å². The molecule has 2 aromatic heterocycles. The Morgan fingerprint density at radius 2 is 1.11 bits per heavy atom. The van der Waals surface area contributed by atoms with Crippen molar-refractivity contribution in [1.29, 1.82) is 0 Å². The van der Waals surface area contributed by atoms with Gasteiger partial charge in [0.1, 0.15) is 11.6 Å². The second-order valence-corrected chi connectivity index (χ2v) is 18.0. The zero-order valence-electron chi connectivity index (χ0n) is 33.0. The van der Waals surface area contributed by atoms with Gasteiger partial charge in [-0.2, -0.15) is 17.6 Å². The van der Waals surface area contributed by atoms with Gasteiger partial charge in [0, 0.05) is 27.7 Å². The van der Waals surface area contributed by atoms with Crippen molar-refractivity contribution < 1.29 is 52.0 Å². The lowest BCUT2D eigenvalue weighted by atomic mass is 10.1. The van der Waals surface area contributed by atoms with Crippen molar-refractivity contribution in [3.05, 3.63) is 132 Å². The third-order valence-corrected chi connectivity index (χ3v) is 13.7. The molecule has 0 spiro atoms. The van der Waals surface area contributed by atoms with Crippen molar-refractivity contribution in [2.75, 3.05) is 9.03 Å². The Bertz CT molecular complexity index is 2540. The van der Waals surface area contributed by atoms with E-state index in [2.05, 4.69) is 41.0 Å². The molecule has 0 amide bonds. The highest BCUT2D eigenvalue weighted by Gasteiger charge is 2.29. The average molecular weight is 960 g/mol. The van der Waals surface area contributed by atoms with Crippen LogP contribution in [0.4, 0.5) is 37.7 Å². The predicted molar refractivity (Wildman–Crippen MR) is 222 cm³/mol. The first-order chi connectivity index (χ1) is 28.9. The molecule has 6 rings (SSSR count). The predicted octanol–water partition coefficient (Wildman–Crippen LogP) is 10.9. The normalized spacial score (nSPS) is 12.5. The van der Waals surface area contributed by atoms with Crippen LogP contribution in [0.15, 0.2) is 106 Å². The van der Waals surface area contributed by atoms with Crippen LogP contribution < -0.4 is 9.03 Å². The van der Waals surface area contributed by atoms with Crippen molar-refractivity contribution in [1.82, 2.24) is 20.4 Å². The highest BCUT2D eigenvalue weighted by atomic mass is 79.9. The molecule has 328 valence electrons. The summed E-state index contributed by atoms with van der Waals surface area (Å²) in [4.78, 5) is 0. The fourth-order valence-electron chi connectivity index (χ4n) is 4.97. The number of rotatable bonds is 15. The summed E-state index contributed by atoms with van der Waals surface area (Å²) in [5.41, 5.74) is 2.00. The van der Waals surface area contributed by atoms with E-state index in [4.69, 9.17) is 8.83 Å². The second kappa shape index (κ2) is 22.0. The number of para-hydroxylation sites is 2. The summed E-state index contributed by atoms with van der Waals surface area (Å²) in [7, 11) is -6.96. The summed E-state index contributed by atoms with van der Waals surface area (Å²) >= 11 is 3.12. The number of nitrogens with zero attached hydrogens (tertiary/aromatic N) is 5. The van der Waals surface area contributed by atoms with Crippen LogP contribution in [0.1, 0.15) is 76.3 Å². The summed E-state index contributed by atoms with van der Waals surface area (Å²) in [6.45, 7) is 6.69. The molecule has 0 saturated heterocycles. The van der Waals surface area contributed by atoms with Crippen molar-refractivity contribution in [2.24, 2.45) is 0 Å². The molecule has 0 radical (unpaired) electrons. The van der Waals surface area contributed by atoms with Crippen molar-refractivity contribution >= 4 is 47.4 Å². The topological polar surface area (TPSA) is 161 Å². The maximum atomic E-state index is 14.8. The molecule has 61 heavy (non-hydrogen) atoms. The van der Waals surface area contributed by atoms with Gasteiger partial charge in [0.25, 0.3) is 11.8 Å². The fourth-order valence-corrected chi connectivity index (χ4v) is 8.12. The van der Waals surface area contributed by atoms with E-state index < -0.39 is 61.6 Å². The first-order valence-electron chi connectivity index (χ1n) is 18.4. The molecule has 6 aromatic rings. The Hall–Kier alpha value is -5.28. The van der Waals surface area contributed by atoms with E-state index in [1.165, 1.54) is 34.6 Å². The summed E-state index contributed by atoms with van der Waals surface area (Å²) < 4.78 is 140. The van der Waals surface area contributed by atoms with Gasteiger partial charge in [0.2, 0.25) is 31.8 Å². The number of hydrogen-bond acceptors (Lipinski definition) is 10. The highest BCUT2D eigenvalue weighted by molar-refractivity contribution is 9.08. The first kappa shape index (κ1) is 48.4. The summed E-state index contributed by atoms with van der Waals surface area (Å²) in [6, 6.07) is 25.4. The number of benzene rings is 4. The van der Waals surface area contributed by atoms with Gasteiger partial charge in [-0.15, -0.1) is 20.4 Å². The number of hydrogen-bond donors (Lipinski definition) is 1. The quantitative estimate of drug-likeness (QED) is 0.0774. The standard InChI is InChI=1S/C20H20F3N3O3S.C10H6BrF3N2O.C10H15NO2S/c1-3-13(2)30(27,28)26(16-7-5-4-6-8-16)12-15-10-9-14(11-17(15)21)19-24-25-20(29-19)18(22)23;11-4-6-2-1-5(3-7(6)12)9-15-16-10(17-9)8(13)14;1-3-9(2)14(12,13)11-10-7-5-4-6-8-10/h4-11,13,18H,3,12H2,1-2H3;1-3,8H,4H2;4-9,11H,3H2,1-2H3. The fraction of sp³-hybridized carbons (Fsp3) is 0.300. The lowest BCUT2D eigenvalue weighted by molar-refractivity contribution is 0.115. The monoisotopic (exact) mass is 958 g/mol. The van der Waals surface area contributed by atoms with E-state index in [1.807, 2.05) is 13.0 Å². The van der Waals surface area contributed by atoms with Gasteiger partial charge in [-0.1, -0.05) is 78.3 Å². The van der Waals surface area contributed by atoms with Gasteiger partial charge >= 0.3 is 12.9 Å². The Kier molecular flexibility index (Phi) is 17.5. The van der Waals surface area contributed by atoms with Gasteiger partial charge < -0.3 is 8.83 Å². The first-order valence-corrected chi connectivity index (χ1v) is 22.6. The third kappa shape index (κ3) is 13.1. The van der Waals surface area contributed by atoms with E-state index in [1.54, 1.807) is 75.4 Å². The SMILES string of the molecule is CCC(C)S(=O)(=O)N(Cc1ccc(-c2nnc(C(F)F)o2)cc1F)c1ccccc1.CCC(C)S(=O)(=O)Nc1ccccc1.Fc1cc(-c2nnc(C(F)F)o2)ccc1CBr. The number of sulfonamides is 2. The van der Waals surface area contributed by atoms with E-state index in [9.17, 15) is 43.2 Å². The van der Waals surface area contributed by atoms with Crippen LogP contribution in [-0.2, 0) is 31.9 Å². The molecule has 2 atom stereocenters. The lowest BCUT2D eigenvalue weighted by Crippen LogP contribution is -2.37. The maximum absolute atomic E-state index is 14.8. The summed E-state index contributed by atoms with van der Waals surface area (Å²) in [6.07, 6.45) is -4.75. The van der Waals surface area contributed by atoms with Gasteiger partial charge in [0.15, 0.2) is 0 Å². The summed E-state index contributed by atoms with van der Waals surface area (Å²) in [5, 5.41) is 12.6. The van der Waals surface area contributed by atoms with Crippen LogP contribution in [0.5, 0.6) is 0 Å². The van der Waals surface area contributed by atoms with Gasteiger partial charge in [-0.3, -0.25) is 9.03 Å². The molecular formula is C40H41BrF6N6O6S2. The summed E-state index contributed by atoms with van der Waals surface area (Å²) in [5.74, 6) is -3.18. The van der Waals surface area contributed by atoms with Gasteiger partial charge in [0.05, 0.1) is 22.7 Å². The Morgan fingerprint density at radius 3 is 1.52 bits per heavy atom. The van der Waals surface area contributed by atoms with Crippen molar-refractivity contribution in [3.8, 4) is 22.9 Å². The van der Waals surface area contributed by atoms with Crippen LogP contribution >= 0.6 is 15.9 Å². The number of nitrogens with one attached hydrogen (secondary N) is 1. The van der Waals surface area contributed by atoms with Crippen LogP contribution in [-0.4, -0.2) is 47.7 Å². The Balaban J connectivity index is 0.000000223. The molecule has 21 heteroatoms. The second-order valence-electron chi connectivity index (χ2n) is 13.1. The molecular weight excluding hydrogens is 919 g/mol. The largest absolute Gasteiger partial charge is 0.415 e.